The Hall–Kier alpha value is -4.47. The first-order chi connectivity index (χ1) is 20.7. The van der Waals surface area contributed by atoms with Crippen molar-refractivity contribution in [3.05, 3.63) is 54.4 Å². The van der Waals surface area contributed by atoms with E-state index in [1.807, 2.05) is 39.0 Å². The largest absolute Gasteiger partial charge is 0.485 e. The number of nitriles is 1. The molecule has 0 radical (unpaired) electrons. The predicted molar refractivity (Wildman–Crippen MR) is 160 cm³/mol. The number of nitrogens with zero attached hydrogens (tertiary/aromatic N) is 7. The number of amides is 1. The fourth-order valence-corrected chi connectivity index (χ4v) is 5.19. The number of nitrogens with one attached hydrogen (secondary N) is 1. The molecule has 3 aliphatic heterocycles. The van der Waals surface area contributed by atoms with E-state index < -0.39 is 5.60 Å². The van der Waals surface area contributed by atoms with Gasteiger partial charge in [0.15, 0.2) is 5.82 Å². The van der Waals surface area contributed by atoms with Gasteiger partial charge >= 0.3 is 6.09 Å². The fourth-order valence-electron chi connectivity index (χ4n) is 5.19. The van der Waals surface area contributed by atoms with E-state index in [0.29, 0.717) is 47.8 Å². The molecule has 6 rings (SSSR count). The van der Waals surface area contributed by atoms with Crippen molar-refractivity contribution in [2.45, 2.75) is 38.5 Å². The maximum atomic E-state index is 12.2. The van der Waals surface area contributed by atoms with Crippen molar-refractivity contribution in [3.8, 4) is 23.2 Å². The lowest BCUT2D eigenvalue weighted by molar-refractivity contribution is -0.0660. The molecule has 1 N–H and O–H groups in total. The summed E-state index contributed by atoms with van der Waals surface area (Å²) in [5.74, 6) is 1.29. The third-order valence-electron chi connectivity index (χ3n) is 7.66. The van der Waals surface area contributed by atoms with Gasteiger partial charge in [0, 0.05) is 43.1 Å². The van der Waals surface area contributed by atoms with Crippen LogP contribution in [0.4, 0.5) is 22.1 Å². The smallest absolute Gasteiger partial charge is 0.410 e. The Kier molecular flexibility index (Phi) is 8.01. The topological polar surface area (TPSA) is 129 Å². The van der Waals surface area contributed by atoms with Crippen LogP contribution < -0.4 is 15.0 Å². The Labute approximate surface area is 251 Å². The summed E-state index contributed by atoms with van der Waals surface area (Å²) < 4.78 is 16.7. The number of hydrogen-bond acceptors (Lipinski definition) is 11. The van der Waals surface area contributed by atoms with Crippen molar-refractivity contribution in [2.24, 2.45) is 0 Å². The van der Waals surface area contributed by atoms with Crippen LogP contribution in [0, 0.1) is 11.3 Å². The minimum atomic E-state index is -0.552. The van der Waals surface area contributed by atoms with Gasteiger partial charge in [-0.25, -0.2) is 14.8 Å². The molecular weight excluding hydrogens is 548 g/mol. The van der Waals surface area contributed by atoms with Gasteiger partial charge in [-0.1, -0.05) is 0 Å². The van der Waals surface area contributed by atoms with Crippen molar-refractivity contribution in [1.29, 1.82) is 5.26 Å². The number of hydrogen-bond donors (Lipinski definition) is 1. The van der Waals surface area contributed by atoms with Crippen LogP contribution in [0.15, 0.2) is 48.8 Å². The monoisotopic (exact) mass is 584 g/mol. The number of aromatic nitrogens is 3. The van der Waals surface area contributed by atoms with E-state index >= 15 is 0 Å². The van der Waals surface area contributed by atoms with E-state index in [1.54, 1.807) is 17.0 Å². The molecule has 3 fully saturated rings. The van der Waals surface area contributed by atoms with Crippen LogP contribution in [0.1, 0.15) is 26.3 Å². The second-order valence-corrected chi connectivity index (χ2v) is 12.0. The zero-order valence-electron chi connectivity index (χ0n) is 24.7. The Morgan fingerprint density at radius 1 is 1.05 bits per heavy atom. The molecule has 3 aliphatic rings. The molecule has 1 amide bonds. The van der Waals surface area contributed by atoms with Crippen molar-refractivity contribution in [2.75, 3.05) is 62.7 Å². The van der Waals surface area contributed by atoms with Crippen LogP contribution in [0.25, 0.3) is 11.4 Å². The van der Waals surface area contributed by atoms with E-state index in [9.17, 15) is 10.1 Å². The second-order valence-electron chi connectivity index (χ2n) is 12.0. The van der Waals surface area contributed by atoms with Crippen LogP contribution >= 0.6 is 0 Å². The molecule has 3 saturated heterocycles. The first-order valence-electron chi connectivity index (χ1n) is 14.6. The summed E-state index contributed by atoms with van der Waals surface area (Å²) in [6, 6.07) is 16.3. The number of ether oxygens (including phenoxy) is 3. The average Bonchev–Trinajstić information content (AvgIpc) is 2.94. The minimum Gasteiger partial charge on any atom is -0.485 e. The van der Waals surface area contributed by atoms with Gasteiger partial charge in [-0.3, -0.25) is 4.90 Å². The Morgan fingerprint density at radius 2 is 1.79 bits per heavy atom. The van der Waals surface area contributed by atoms with Gasteiger partial charge < -0.3 is 29.3 Å². The molecule has 0 unspecified atom stereocenters. The van der Waals surface area contributed by atoms with Crippen LogP contribution in [0.2, 0.25) is 0 Å². The average molecular weight is 585 g/mol. The third kappa shape index (κ3) is 6.79. The van der Waals surface area contributed by atoms with E-state index in [2.05, 4.69) is 48.3 Å². The fraction of sp³-hybridized carbons (Fsp3) is 0.452. The summed E-state index contributed by atoms with van der Waals surface area (Å²) in [6.07, 6.45) is 0.867. The molecule has 0 atom stereocenters. The lowest BCUT2D eigenvalue weighted by atomic mass is 10.1. The minimum absolute atomic E-state index is 0.211. The highest BCUT2D eigenvalue weighted by Gasteiger charge is 2.35. The maximum absolute atomic E-state index is 12.2. The molecule has 0 spiro atoms. The summed E-state index contributed by atoms with van der Waals surface area (Å²) in [5.41, 5.74) is 2.54. The molecule has 0 bridgehead atoms. The van der Waals surface area contributed by atoms with Crippen molar-refractivity contribution >= 4 is 23.4 Å². The van der Waals surface area contributed by atoms with Crippen molar-refractivity contribution in [3.63, 3.8) is 0 Å². The van der Waals surface area contributed by atoms with Gasteiger partial charge in [-0.05, 0) is 63.2 Å². The van der Waals surface area contributed by atoms with Crippen LogP contribution in [0.5, 0.6) is 5.75 Å². The molecule has 224 valence electrons. The molecule has 2 aromatic carbocycles. The predicted octanol–water partition coefficient (Wildman–Crippen LogP) is 3.67. The van der Waals surface area contributed by atoms with Gasteiger partial charge in [-0.2, -0.15) is 10.2 Å². The van der Waals surface area contributed by atoms with E-state index in [-0.39, 0.29) is 12.2 Å². The highest BCUT2D eigenvalue weighted by atomic mass is 16.6. The zero-order chi connectivity index (χ0) is 30.0. The van der Waals surface area contributed by atoms with Crippen molar-refractivity contribution in [1.82, 2.24) is 24.8 Å². The number of carbonyl (C=O) groups is 1. The van der Waals surface area contributed by atoms with Gasteiger partial charge in [-0.15, -0.1) is 0 Å². The number of carbonyl (C=O) groups excluding carboxylic acids is 1. The summed E-state index contributed by atoms with van der Waals surface area (Å²) in [6.45, 7) is 12.1. The molecule has 4 heterocycles. The maximum Gasteiger partial charge on any atom is 0.410 e. The molecule has 12 nitrogen and oxygen atoms in total. The van der Waals surface area contributed by atoms with Crippen molar-refractivity contribution < 1.29 is 19.0 Å². The molecule has 0 saturated carbocycles. The lowest BCUT2D eigenvalue weighted by Crippen LogP contribution is -2.57. The van der Waals surface area contributed by atoms with Gasteiger partial charge in [0.1, 0.15) is 29.9 Å². The normalized spacial score (nSPS) is 17.9. The Bertz CT molecular complexity index is 1480. The third-order valence-corrected chi connectivity index (χ3v) is 7.66. The molecular formula is C31H36N8O4. The SMILES string of the molecule is CC(C)(C)OC(=O)N1CC(Oc2ccc(-c3ncnc(Nc4ccc(N5CCN(C6COC6)CC5)cc4)n3)cc2C#N)C1. The number of benzene rings is 2. The first-order valence-corrected chi connectivity index (χ1v) is 14.6. The van der Waals surface area contributed by atoms with E-state index in [0.717, 1.165) is 45.1 Å². The van der Waals surface area contributed by atoms with Crippen LogP contribution in [-0.4, -0.2) is 101 Å². The molecule has 43 heavy (non-hydrogen) atoms. The Morgan fingerprint density at radius 3 is 2.44 bits per heavy atom. The zero-order valence-corrected chi connectivity index (χ0v) is 24.7. The summed E-state index contributed by atoms with van der Waals surface area (Å²) in [4.78, 5) is 31.9. The summed E-state index contributed by atoms with van der Waals surface area (Å²) in [7, 11) is 0. The van der Waals surface area contributed by atoms with Crippen LogP contribution in [0.3, 0.4) is 0 Å². The summed E-state index contributed by atoms with van der Waals surface area (Å²) >= 11 is 0. The second kappa shape index (κ2) is 12.0. The number of piperazine rings is 1. The summed E-state index contributed by atoms with van der Waals surface area (Å²) in [5, 5.41) is 13.0. The van der Waals surface area contributed by atoms with E-state index in [1.165, 1.54) is 12.0 Å². The molecule has 3 aromatic rings. The van der Waals surface area contributed by atoms with Gasteiger partial charge in [0.2, 0.25) is 5.95 Å². The number of rotatable bonds is 7. The quantitative estimate of drug-likeness (QED) is 0.437. The Balaban J connectivity index is 1.05. The number of likely N-dealkylation sites (tertiary alicyclic amines) is 1. The standard InChI is InChI=1S/C31H36N8O4/c1-31(2,3)43-30(40)39-16-26(17-39)42-27-9-4-21(14-22(27)15-32)28-33-20-34-29(36-28)35-23-5-7-24(8-6-23)37-10-12-38(13-11-37)25-18-41-19-25/h4-9,14,20,25-26H,10-13,16-19H2,1-3H3,(H,33,34,35,36). The van der Waals surface area contributed by atoms with Gasteiger partial charge in [0.05, 0.1) is 37.9 Å². The number of anilines is 3. The molecule has 12 heteroatoms. The first kappa shape index (κ1) is 28.6. The van der Waals surface area contributed by atoms with Gasteiger partial charge in [0.25, 0.3) is 0 Å². The highest BCUT2D eigenvalue weighted by molar-refractivity contribution is 5.69. The van der Waals surface area contributed by atoms with E-state index in [4.69, 9.17) is 14.2 Å². The lowest BCUT2D eigenvalue weighted by Gasteiger charge is -2.43. The molecule has 1 aromatic heterocycles. The van der Waals surface area contributed by atoms with Crippen LogP contribution in [-0.2, 0) is 9.47 Å². The molecule has 0 aliphatic carbocycles. The highest BCUT2D eigenvalue weighted by Crippen LogP contribution is 2.28.